The highest BCUT2D eigenvalue weighted by atomic mass is 15.4. The van der Waals surface area contributed by atoms with Gasteiger partial charge in [0.15, 0.2) is 0 Å². The van der Waals surface area contributed by atoms with Crippen LogP contribution < -0.4 is 0 Å². The summed E-state index contributed by atoms with van der Waals surface area (Å²) in [5.74, 6) is 0. The molecule has 102 valence electrons. The molecule has 1 rings (SSSR count). The molecule has 2 nitrogen and oxygen atoms in total. The molecule has 17 heavy (non-hydrogen) atoms. The van der Waals surface area contributed by atoms with Crippen molar-refractivity contribution in [3.05, 3.63) is 0 Å². The van der Waals surface area contributed by atoms with E-state index in [2.05, 4.69) is 58.3 Å². The lowest BCUT2D eigenvalue weighted by Crippen LogP contribution is -2.44. The zero-order valence-corrected chi connectivity index (χ0v) is 13.0. The molecule has 0 amide bonds. The summed E-state index contributed by atoms with van der Waals surface area (Å²) < 4.78 is 0. The molecule has 0 aromatic heterocycles. The molecule has 0 aromatic carbocycles. The van der Waals surface area contributed by atoms with E-state index < -0.39 is 0 Å². The van der Waals surface area contributed by atoms with Crippen molar-refractivity contribution in [2.45, 2.75) is 61.1 Å². The van der Waals surface area contributed by atoms with Gasteiger partial charge in [-0.1, -0.05) is 48.5 Å². The van der Waals surface area contributed by atoms with E-state index in [-0.39, 0.29) is 0 Å². The van der Waals surface area contributed by atoms with Gasteiger partial charge in [-0.25, -0.2) is 0 Å². The monoisotopic (exact) mass is 240 g/mol. The first-order valence-corrected chi connectivity index (χ1v) is 7.10. The third kappa shape index (κ3) is 4.97. The number of hydrogen-bond acceptors (Lipinski definition) is 2. The lowest BCUT2D eigenvalue weighted by atomic mass is 9.95. The Bertz CT molecular complexity index is 210. The van der Waals surface area contributed by atoms with E-state index in [4.69, 9.17) is 0 Å². The van der Waals surface area contributed by atoms with Crippen molar-refractivity contribution in [2.75, 3.05) is 26.2 Å². The van der Waals surface area contributed by atoms with Gasteiger partial charge in [-0.2, -0.15) is 0 Å². The van der Waals surface area contributed by atoms with E-state index in [1.54, 1.807) is 0 Å². The van der Waals surface area contributed by atoms with E-state index in [1.165, 1.54) is 32.6 Å². The van der Waals surface area contributed by atoms with Crippen LogP contribution in [0.5, 0.6) is 0 Å². The molecule has 0 spiro atoms. The van der Waals surface area contributed by atoms with E-state index in [1.807, 2.05) is 0 Å². The first kappa shape index (κ1) is 15.0. The summed E-state index contributed by atoms with van der Waals surface area (Å²) in [6.45, 7) is 21.3. The highest BCUT2D eigenvalue weighted by Gasteiger charge is 2.34. The maximum atomic E-state index is 2.67. The minimum absolute atomic E-state index is 0.408. The average molecular weight is 240 g/mol. The van der Waals surface area contributed by atoms with Gasteiger partial charge in [0.2, 0.25) is 0 Å². The van der Waals surface area contributed by atoms with Gasteiger partial charge >= 0.3 is 0 Å². The van der Waals surface area contributed by atoms with Crippen molar-refractivity contribution in [1.29, 1.82) is 0 Å². The van der Waals surface area contributed by atoms with Crippen LogP contribution in [0.1, 0.15) is 54.9 Å². The van der Waals surface area contributed by atoms with Gasteiger partial charge in [0.1, 0.15) is 0 Å². The van der Waals surface area contributed by atoms with Crippen LogP contribution in [0.3, 0.4) is 0 Å². The summed E-state index contributed by atoms with van der Waals surface area (Å²) in [7, 11) is 0. The van der Waals surface area contributed by atoms with Crippen molar-refractivity contribution < 1.29 is 0 Å². The van der Waals surface area contributed by atoms with Crippen LogP contribution in [-0.2, 0) is 0 Å². The second-order valence-electron chi connectivity index (χ2n) is 7.95. The largest absolute Gasteiger partial charge is 0.286 e. The molecule has 0 aromatic rings. The number of nitrogens with zero attached hydrogens (tertiary/aromatic N) is 2. The summed E-state index contributed by atoms with van der Waals surface area (Å²) in [6.07, 6.45) is 1.90. The Kier molecular flexibility index (Phi) is 4.65. The van der Waals surface area contributed by atoms with E-state index >= 15 is 0 Å². The molecule has 1 saturated heterocycles. The van der Waals surface area contributed by atoms with Crippen molar-refractivity contribution >= 4 is 0 Å². The van der Waals surface area contributed by atoms with Crippen LogP contribution in [0.25, 0.3) is 0 Å². The van der Waals surface area contributed by atoms with Crippen LogP contribution in [0.4, 0.5) is 0 Å². The zero-order chi connectivity index (χ0) is 13.3. The summed E-state index contributed by atoms with van der Waals surface area (Å²) in [5, 5.41) is 0. The quantitative estimate of drug-likeness (QED) is 0.746. The first-order valence-electron chi connectivity index (χ1n) is 7.10. The van der Waals surface area contributed by atoms with E-state index in [0.29, 0.717) is 17.0 Å². The minimum Gasteiger partial charge on any atom is -0.286 e. The molecule has 0 aliphatic carbocycles. The van der Waals surface area contributed by atoms with Gasteiger partial charge in [-0.3, -0.25) is 9.80 Å². The topological polar surface area (TPSA) is 6.48 Å². The molecule has 0 bridgehead atoms. The SMILES string of the molecule is CCC1N(CC(C)(C)C)CCN1CC(C)(C)C. The second kappa shape index (κ2) is 5.27. The lowest BCUT2D eigenvalue weighted by Gasteiger charge is -2.36. The fourth-order valence-corrected chi connectivity index (χ4v) is 2.89. The summed E-state index contributed by atoms with van der Waals surface area (Å²) in [4.78, 5) is 5.34. The Morgan fingerprint density at radius 2 is 1.18 bits per heavy atom. The molecule has 0 saturated carbocycles. The molecular formula is C15H32N2. The fraction of sp³-hybridized carbons (Fsp3) is 1.00. The van der Waals surface area contributed by atoms with E-state index in [9.17, 15) is 0 Å². The predicted molar refractivity (Wildman–Crippen MR) is 76.1 cm³/mol. The highest BCUT2D eigenvalue weighted by molar-refractivity contribution is 4.85. The Morgan fingerprint density at radius 3 is 1.41 bits per heavy atom. The maximum Gasteiger partial charge on any atom is 0.0620 e. The van der Waals surface area contributed by atoms with Crippen LogP contribution in [-0.4, -0.2) is 42.1 Å². The summed E-state index contributed by atoms with van der Waals surface area (Å²) in [6, 6.07) is 0. The Balaban J connectivity index is 2.61. The Morgan fingerprint density at radius 1 is 0.824 bits per heavy atom. The van der Waals surface area contributed by atoms with Gasteiger partial charge in [0, 0.05) is 26.2 Å². The van der Waals surface area contributed by atoms with Crippen molar-refractivity contribution in [3.8, 4) is 0 Å². The van der Waals surface area contributed by atoms with Gasteiger partial charge in [-0.15, -0.1) is 0 Å². The standard InChI is InChI=1S/C15H32N2/c1-8-13-16(11-14(2,3)4)9-10-17(13)12-15(5,6)7/h13H,8-12H2,1-7H3. The molecule has 0 radical (unpaired) electrons. The van der Waals surface area contributed by atoms with E-state index in [0.717, 1.165) is 0 Å². The van der Waals surface area contributed by atoms with Crippen LogP contribution in [0.2, 0.25) is 0 Å². The third-order valence-corrected chi connectivity index (χ3v) is 3.24. The van der Waals surface area contributed by atoms with Crippen molar-refractivity contribution in [2.24, 2.45) is 10.8 Å². The molecule has 0 N–H and O–H groups in total. The normalized spacial score (nSPS) is 21.4. The van der Waals surface area contributed by atoms with Gasteiger partial charge in [0.25, 0.3) is 0 Å². The predicted octanol–water partition coefficient (Wildman–Crippen LogP) is 3.43. The molecule has 0 unspecified atom stereocenters. The van der Waals surface area contributed by atoms with Crippen molar-refractivity contribution in [3.63, 3.8) is 0 Å². The smallest absolute Gasteiger partial charge is 0.0620 e. The molecule has 1 heterocycles. The first-order chi connectivity index (χ1) is 7.62. The zero-order valence-electron chi connectivity index (χ0n) is 13.0. The van der Waals surface area contributed by atoms with Crippen molar-refractivity contribution in [1.82, 2.24) is 9.80 Å². The van der Waals surface area contributed by atoms with Crippen LogP contribution >= 0.6 is 0 Å². The van der Waals surface area contributed by atoms with Crippen LogP contribution in [0.15, 0.2) is 0 Å². The highest BCUT2D eigenvalue weighted by Crippen LogP contribution is 2.26. The van der Waals surface area contributed by atoms with Crippen LogP contribution in [0, 0.1) is 10.8 Å². The fourth-order valence-electron chi connectivity index (χ4n) is 2.89. The Labute approximate surface area is 108 Å². The number of hydrogen-bond donors (Lipinski definition) is 0. The second-order valence-corrected chi connectivity index (χ2v) is 7.95. The molecule has 2 heteroatoms. The summed E-state index contributed by atoms with van der Waals surface area (Å²) in [5.41, 5.74) is 0.816. The lowest BCUT2D eigenvalue weighted by molar-refractivity contribution is 0.0791. The molecule has 1 aliphatic rings. The number of rotatable bonds is 3. The van der Waals surface area contributed by atoms with Gasteiger partial charge in [0.05, 0.1) is 6.17 Å². The molecule has 1 aliphatic heterocycles. The van der Waals surface area contributed by atoms with Gasteiger partial charge in [-0.05, 0) is 17.3 Å². The third-order valence-electron chi connectivity index (χ3n) is 3.24. The molecule has 0 atom stereocenters. The maximum absolute atomic E-state index is 2.67. The molecular weight excluding hydrogens is 208 g/mol. The Hall–Kier alpha value is -0.0800. The molecule has 1 fully saturated rings. The minimum atomic E-state index is 0.408. The van der Waals surface area contributed by atoms with Gasteiger partial charge < -0.3 is 0 Å². The average Bonchev–Trinajstić information content (AvgIpc) is 2.41. The summed E-state index contributed by atoms with van der Waals surface area (Å²) >= 11 is 0.